The summed E-state index contributed by atoms with van der Waals surface area (Å²) in [5, 5.41) is 6.33. The van der Waals surface area contributed by atoms with Crippen molar-refractivity contribution in [2.75, 3.05) is 22.1 Å². The van der Waals surface area contributed by atoms with Crippen molar-refractivity contribution in [3.63, 3.8) is 0 Å². The number of amides is 2. The Bertz CT molecular complexity index is 778. The van der Waals surface area contributed by atoms with Gasteiger partial charge in [-0.1, -0.05) is 37.1 Å². The largest absolute Gasteiger partial charge is 0.325 e. The van der Waals surface area contributed by atoms with Crippen LogP contribution >= 0.6 is 23.4 Å². The molecule has 0 atom stereocenters. The molecule has 0 bridgehead atoms. The summed E-state index contributed by atoms with van der Waals surface area (Å²) < 4.78 is 0. The van der Waals surface area contributed by atoms with E-state index in [-0.39, 0.29) is 23.3 Å². The quantitative estimate of drug-likeness (QED) is 0.596. The fraction of sp³-hybridized carbons (Fsp3) is 0.333. The second kappa shape index (κ2) is 11.0. The van der Waals surface area contributed by atoms with Gasteiger partial charge in [-0.05, 0) is 61.2 Å². The van der Waals surface area contributed by atoms with Crippen LogP contribution in [-0.2, 0) is 16.0 Å². The van der Waals surface area contributed by atoms with Crippen molar-refractivity contribution in [3.05, 3.63) is 58.6 Å². The number of anilines is 2. The Balaban J connectivity index is 1.71. The predicted molar refractivity (Wildman–Crippen MR) is 116 cm³/mol. The molecule has 0 aliphatic rings. The first-order chi connectivity index (χ1) is 13.0. The molecule has 0 aliphatic carbocycles. The van der Waals surface area contributed by atoms with Crippen LogP contribution in [-0.4, -0.2) is 23.3 Å². The first kappa shape index (κ1) is 21.3. The molecule has 27 heavy (non-hydrogen) atoms. The van der Waals surface area contributed by atoms with E-state index in [0.717, 1.165) is 23.4 Å². The third kappa shape index (κ3) is 7.65. The molecule has 0 fully saturated rings. The van der Waals surface area contributed by atoms with Crippen molar-refractivity contribution in [2.45, 2.75) is 33.1 Å². The maximum atomic E-state index is 12.0. The van der Waals surface area contributed by atoms with Crippen LogP contribution in [0.3, 0.4) is 0 Å². The van der Waals surface area contributed by atoms with Crippen molar-refractivity contribution in [1.29, 1.82) is 0 Å². The van der Waals surface area contributed by atoms with Crippen LogP contribution in [0.2, 0.25) is 5.02 Å². The second-order valence-electron chi connectivity index (χ2n) is 6.35. The summed E-state index contributed by atoms with van der Waals surface area (Å²) in [6, 6.07) is 13.2. The van der Waals surface area contributed by atoms with E-state index in [0.29, 0.717) is 5.02 Å². The number of rotatable bonds is 9. The molecule has 2 rings (SSSR count). The predicted octanol–water partition coefficient (Wildman–Crippen LogP) is 5.30. The molecule has 2 aromatic carbocycles. The second-order valence-corrected chi connectivity index (χ2v) is 7.77. The third-order valence-electron chi connectivity index (χ3n) is 3.99. The Kier molecular flexibility index (Phi) is 8.69. The molecule has 0 aliphatic heterocycles. The monoisotopic (exact) mass is 404 g/mol. The van der Waals surface area contributed by atoms with Gasteiger partial charge in [-0.2, -0.15) is 0 Å². The molecule has 6 heteroatoms. The Hall–Kier alpha value is -1.98. The van der Waals surface area contributed by atoms with Crippen LogP contribution in [0.5, 0.6) is 0 Å². The molecule has 4 nitrogen and oxygen atoms in total. The van der Waals surface area contributed by atoms with Crippen LogP contribution in [0.1, 0.15) is 30.9 Å². The molecule has 2 aromatic rings. The Morgan fingerprint density at radius 1 is 1.00 bits per heavy atom. The highest BCUT2D eigenvalue weighted by molar-refractivity contribution is 8.00. The topological polar surface area (TPSA) is 58.2 Å². The number of nitrogens with one attached hydrogen (secondary N) is 2. The molecule has 2 N–H and O–H groups in total. The van der Waals surface area contributed by atoms with Crippen molar-refractivity contribution >= 4 is 46.6 Å². The van der Waals surface area contributed by atoms with Crippen molar-refractivity contribution in [2.24, 2.45) is 0 Å². The highest BCUT2D eigenvalue weighted by Crippen LogP contribution is 2.20. The number of aryl methyl sites for hydroxylation is 2. The zero-order chi connectivity index (χ0) is 19.6. The lowest BCUT2D eigenvalue weighted by molar-refractivity contribution is -0.114. The van der Waals surface area contributed by atoms with E-state index in [1.165, 1.54) is 30.2 Å². The van der Waals surface area contributed by atoms with Gasteiger partial charge in [0.2, 0.25) is 11.8 Å². The van der Waals surface area contributed by atoms with Crippen LogP contribution in [0.15, 0.2) is 42.5 Å². The molecular weight excluding hydrogens is 380 g/mol. The molecule has 0 aromatic heterocycles. The number of unbranched alkanes of at least 4 members (excludes halogenated alkanes) is 1. The number of carbonyl (C=O) groups excluding carboxylic acids is 2. The van der Waals surface area contributed by atoms with Gasteiger partial charge in [0.05, 0.1) is 11.5 Å². The van der Waals surface area contributed by atoms with Crippen LogP contribution in [0, 0.1) is 6.92 Å². The molecule has 0 saturated carbocycles. The molecule has 2 amide bonds. The van der Waals surface area contributed by atoms with Gasteiger partial charge in [0.15, 0.2) is 0 Å². The first-order valence-corrected chi connectivity index (χ1v) is 10.5. The average molecular weight is 405 g/mol. The zero-order valence-electron chi connectivity index (χ0n) is 15.7. The van der Waals surface area contributed by atoms with E-state index in [9.17, 15) is 9.59 Å². The van der Waals surface area contributed by atoms with Gasteiger partial charge >= 0.3 is 0 Å². The van der Waals surface area contributed by atoms with Crippen LogP contribution < -0.4 is 10.6 Å². The van der Waals surface area contributed by atoms with Gasteiger partial charge in [-0.25, -0.2) is 0 Å². The van der Waals surface area contributed by atoms with E-state index in [1.807, 2.05) is 31.2 Å². The van der Waals surface area contributed by atoms with Gasteiger partial charge in [0.25, 0.3) is 0 Å². The fourth-order valence-electron chi connectivity index (χ4n) is 2.52. The normalized spacial score (nSPS) is 10.5. The number of benzene rings is 2. The minimum Gasteiger partial charge on any atom is -0.325 e. The van der Waals surface area contributed by atoms with Crippen molar-refractivity contribution < 1.29 is 9.59 Å². The highest BCUT2D eigenvalue weighted by atomic mass is 35.5. The van der Waals surface area contributed by atoms with Crippen LogP contribution in [0.4, 0.5) is 11.4 Å². The lowest BCUT2D eigenvalue weighted by atomic mass is 10.1. The van der Waals surface area contributed by atoms with Gasteiger partial charge < -0.3 is 10.6 Å². The average Bonchev–Trinajstić information content (AvgIpc) is 2.63. The van der Waals surface area contributed by atoms with E-state index in [2.05, 4.69) is 17.6 Å². The summed E-state index contributed by atoms with van der Waals surface area (Å²) in [7, 11) is 0. The smallest absolute Gasteiger partial charge is 0.234 e. The number of halogens is 1. The fourth-order valence-corrected chi connectivity index (χ4v) is 3.37. The molecule has 0 spiro atoms. The van der Waals surface area contributed by atoms with E-state index >= 15 is 0 Å². The number of carbonyl (C=O) groups is 2. The summed E-state index contributed by atoms with van der Waals surface area (Å²) in [5.74, 6) is 0.186. The van der Waals surface area contributed by atoms with Crippen molar-refractivity contribution in [1.82, 2.24) is 0 Å². The Morgan fingerprint density at radius 2 is 1.67 bits per heavy atom. The molecule has 144 valence electrons. The summed E-state index contributed by atoms with van der Waals surface area (Å²) in [5.41, 5.74) is 3.69. The third-order valence-corrected chi connectivity index (χ3v) is 5.15. The summed E-state index contributed by atoms with van der Waals surface area (Å²) in [6.45, 7) is 4.05. The lowest BCUT2D eigenvalue weighted by Crippen LogP contribution is -2.18. The minimum atomic E-state index is -0.140. The number of hydrogen-bond acceptors (Lipinski definition) is 3. The van der Waals surface area contributed by atoms with Gasteiger partial charge in [-0.3, -0.25) is 9.59 Å². The van der Waals surface area contributed by atoms with Crippen LogP contribution in [0.25, 0.3) is 0 Å². The van der Waals surface area contributed by atoms with Crippen molar-refractivity contribution in [3.8, 4) is 0 Å². The standard InChI is InChI=1S/C21H25ClN2O2S/c1-3-4-5-16-6-9-18(10-7-16)23-20(25)13-27-14-21(26)24-19-11-8-17(22)12-15(19)2/h6-12H,3-5,13-14H2,1-2H3,(H,23,25)(H,24,26). The number of thioether (sulfide) groups is 1. The highest BCUT2D eigenvalue weighted by Gasteiger charge is 2.08. The Labute approximate surface area is 170 Å². The molecular formula is C21H25ClN2O2S. The molecule has 0 radical (unpaired) electrons. The summed E-state index contributed by atoms with van der Waals surface area (Å²) in [4.78, 5) is 24.0. The maximum absolute atomic E-state index is 12.0. The molecule has 0 unspecified atom stereocenters. The zero-order valence-corrected chi connectivity index (χ0v) is 17.3. The lowest BCUT2D eigenvalue weighted by Gasteiger charge is -2.09. The maximum Gasteiger partial charge on any atom is 0.234 e. The number of hydrogen-bond donors (Lipinski definition) is 2. The first-order valence-electron chi connectivity index (χ1n) is 9.00. The minimum absolute atomic E-state index is 0.114. The Morgan fingerprint density at radius 3 is 2.30 bits per heavy atom. The molecule has 0 heterocycles. The van der Waals surface area contributed by atoms with Gasteiger partial charge in [-0.15, -0.1) is 11.8 Å². The van der Waals surface area contributed by atoms with E-state index < -0.39 is 0 Å². The van der Waals surface area contributed by atoms with Gasteiger partial charge in [0, 0.05) is 16.4 Å². The summed E-state index contributed by atoms with van der Waals surface area (Å²) >= 11 is 7.19. The van der Waals surface area contributed by atoms with E-state index in [1.54, 1.807) is 18.2 Å². The van der Waals surface area contributed by atoms with E-state index in [4.69, 9.17) is 11.6 Å². The summed E-state index contributed by atoms with van der Waals surface area (Å²) in [6.07, 6.45) is 3.39. The van der Waals surface area contributed by atoms with Gasteiger partial charge in [0.1, 0.15) is 0 Å². The molecule has 0 saturated heterocycles. The SMILES string of the molecule is CCCCc1ccc(NC(=O)CSCC(=O)Nc2ccc(Cl)cc2C)cc1.